The number of benzene rings is 1. The van der Waals surface area contributed by atoms with E-state index in [1.54, 1.807) is 12.1 Å². The average Bonchev–Trinajstić information content (AvgIpc) is 3.17. The molecule has 0 radical (unpaired) electrons. The molecule has 0 bridgehead atoms. The fourth-order valence-electron chi connectivity index (χ4n) is 1.87. The summed E-state index contributed by atoms with van der Waals surface area (Å²) in [5.41, 5.74) is -0.542. The molecule has 0 heterocycles. The van der Waals surface area contributed by atoms with Crippen LogP contribution in [0.25, 0.3) is 0 Å². The van der Waals surface area contributed by atoms with E-state index in [0.717, 1.165) is 6.26 Å². The number of sulfone groups is 1. The second kappa shape index (κ2) is 4.90. The van der Waals surface area contributed by atoms with E-state index in [4.69, 9.17) is 5.11 Å². The molecule has 1 aromatic rings. The van der Waals surface area contributed by atoms with E-state index < -0.39 is 27.1 Å². The highest BCUT2D eigenvalue weighted by Gasteiger charge is 2.56. The summed E-state index contributed by atoms with van der Waals surface area (Å²) in [7, 11) is -3.24. The highest BCUT2D eigenvalue weighted by molar-refractivity contribution is 7.90. The van der Waals surface area contributed by atoms with Gasteiger partial charge in [0.05, 0.1) is 4.90 Å². The minimum absolute atomic E-state index is 0.178. The maximum Gasteiger partial charge on any atom is 0.319 e. The first-order chi connectivity index (χ1) is 9.25. The van der Waals surface area contributed by atoms with Gasteiger partial charge in [0.2, 0.25) is 5.91 Å². The van der Waals surface area contributed by atoms with Crippen LogP contribution in [0.5, 0.6) is 0 Å². The lowest BCUT2D eigenvalue weighted by Crippen LogP contribution is -2.36. The molecular weight excluding hydrogens is 282 g/mol. The molecule has 0 atom stereocenters. The highest BCUT2D eigenvalue weighted by Crippen LogP contribution is 2.46. The summed E-state index contributed by atoms with van der Waals surface area (Å²) in [6.07, 6.45) is 1.84. The second-order valence-corrected chi connectivity index (χ2v) is 7.00. The first kappa shape index (κ1) is 14.5. The number of carboxylic acids is 1. The molecule has 1 aliphatic rings. The fourth-order valence-corrected chi connectivity index (χ4v) is 2.50. The molecule has 6 nitrogen and oxygen atoms in total. The number of hydrogen-bond acceptors (Lipinski definition) is 4. The molecule has 2 N–H and O–H groups in total. The summed E-state index contributed by atoms with van der Waals surface area (Å²) in [5.74, 6) is -1.58. The Kier molecular flexibility index (Phi) is 3.56. The van der Waals surface area contributed by atoms with Crippen molar-refractivity contribution in [3.05, 3.63) is 29.8 Å². The topological polar surface area (TPSA) is 101 Å². The first-order valence-electron chi connectivity index (χ1n) is 6.06. The van der Waals surface area contributed by atoms with Gasteiger partial charge >= 0.3 is 5.97 Å². The Balaban J connectivity index is 1.99. The van der Waals surface area contributed by atoms with Gasteiger partial charge in [0.15, 0.2) is 9.84 Å². The van der Waals surface area contributed by atoms with Crippen LogP contribution in [0, 0.1) is 5.41 Å². The number of aliphatic carboxylic acids is 1. The molecule has 108 valence electrons. The maximum atomic E-state index is 11.8. The summed E-state index contributed by atoms with van der Waals surface area (Å²) in [6, 6.07) is 6.11. The smallest absolute Gasteiger partial charge is 0.319 e. The highest BCUT2D eigenvalue weighted by atomic mass is 32.2. The van der Waals surface area contributed by atoms with Crippen molar-refractivity contribution in [2.24, 2.45) is 5.41 Å². The predicted octanol–water partition coefficient (Wildman–Crippen LogP) is 0.571. The molecule has 1 fully saturated rings. The third kappa shape index (κ3) is 2.82. The van der Waals surface area contributed by atoms with Gasteiger partial charge in [-0.3, -0.25) is 9.59 Å². The molecule has 0 saturated heterocycles. The Morgan fingerprint density at radius 3 is 2.20 bits per heavy atom. The van der Waals surface area contributed by atoms with Crippen LogP contribution in [0.3, 0.4) is 0 Å². The van der Waals surface area contributed by atoms with Crippen LogP contribution >= 0.6 is 0 Å². The standard InChI is InChI=1S/C13H15NO5S/c1-20(18,19)10-4-2-9(3-5-10)8-14-11(15)13(6-7-13)12(16)17/h2-5H,6-8H2,1H3,(H,14,15)(H,16,17). The largest absolute Gasteiger partial charge is 0.480 e. The van der Waals surface area contributed by atoms with Crippen LogP contribution in [0.1, 0.15) is 18.4 Å². The minimum atomic E-state index is -3.24. The van der Waals surface area contributed by atoms with Crippen molar-refractivity contribution in [3.63, 3.8) is 0 Å². The van der Waals surface area contributed by atoms with E-state index in [1.807, 2.05) is 0 Å². The van der Waals surface area contributed by atoms with Gasteiger partial charge in [-0.15, -0.1) is 0 Å². The van der Waals surface area contributed by atoms with Crippen molar-refractivity contribution in [2.75, 3.05) is 6.26 Å². The zero-order chi connectivity index (χ0) is 15.0. The molecule has 0 aromatic heterocycles. The average molecular weight is 297 g/mol. The number of amides is 1. The van der Waals surface area contributed by atoms with E-state index in [0.29, 0.717) is 18.4 Å². The molecule has 0 spiro atoms. The molecular formula is C13H15NO5S. The normalized spacial score (nSPS) is 16.4. The molecule has 2 rings (SSSR count). The van der Waals surface area contributed by atoms with Crippen LogP contribution in [-0.4, -0.2) is 31.7 Å². The molecule has 1 aromatic carbocycles. The Hall–Kier alpha value is -1.89. The summed E-state index contributed by atoms with van der Waals surface area (Å²) < 4.78 is 22.6. The van der Waals surface area contributed by atoms with Gasteiger partial charge in [-0.05, 0) is 30.5 Å². The summed E-state index contributed by atoms with van der Waals surface area (Å²) >= 11 is 0. The summed E-state index contributed by atoms with van der Waals surface area (Å²) in [5, 5.41) is 11.5. The predicted molar refractivity (Wildman–Crippen MR) is 70.7 cm³/mol. The minimum Gasteiger partial charge on any atom is -0.480 e. The van der Waals surface area contributed by atoms with E-state index in [2.05, 4.69) is 5.32 Å². The Morgan fingerprint density at radius 2 is 1.80 bits per heavy atom. The fraction of sp³-hybridized carbons (Fsp3) is 0.385. The van der Waals surface area contributed by atoms with Gasteiger partial charge in [0, 0.05) is 12.8 Å². The Bertz CT molecular complexity index is 644. The number of hydrogen-bond donors (Lipinski definition) is 2. The lowest BCUT2D eigenvalue weighted by atomic mass is 10.1. The zero-order valence-corrected chi connectivity index (χ0v) is 11.7. The Labute approximate surface area is 116 Å². The molecule has 0 unspecified atom stereocenters. The van der Waals surface area contributed by atoms with Crippen molar-refractivity contribution in [1.29, 1.82) is 0 Å². The molecule has 7 heteroatoms. The van der Waals surface area contributed by atoms with Crippen molar-refractivity contribution in [3.8, 4) is 0 Å². The third-order valence-corrected chi connectivity index (χ3v) is 4.53. The van der Waals surface area contributed by atoms with Gasteiger partial charge in [-0.25, -0.2) is 8.42 Å². The van der Waals surface area contributed by atoms with Gasteiger partial charge in [0.1, 0.15) is 5.41 Å². The number of carboxylic acid groups (broad SMARTS) is 1. The van der Waals surface area contributed by atoms with Crippen LogP contribution in [0.2, 0.25) is 0 Å². The molecule has 0 aliphatic heterocycles. The van der Waals surface area contributed by atoms with Crippen molar-refractivity contribution < 1.29 is 23.1 Å². The lowest BCUT2D eigenvalue weighted by Gasteiger charge is -2.11. The first-order valence-corrected chi connectivity index (χ1v) is 7.95. The molecule has 20 heavy (non-hydrogen) atoms. The van der Waals surface area contributed by atoms with E-state index >= 15 is 0 Å². The molecule has 1 aliphatic carbocycles. The van der Waals surface area contributed by atoms with Gasteiger partial charge < -0.3 is 10.4 Å². The van der Waals surface area contributed by atoms with Crippen molar-refractivity contribution in [1.82, 2.24) is 5.32 Å². The van der Waals surface area contributed by atoms with E-state index in [-0.39, 0.29) is 11.4 Å². The number of carbonyl (C=O) groups is 2. The van der Waals surface area contributed by atoms with Gasteiger partial charge in [-0.1, -0.05) is 12.1 Å². The van der Waals surface area contributed by atoms with E-state index in [9.17, 15) is 18.0 Å². The van der Waals surface area contributed by atoms with E-state index in [1.165, 1.54) is 12.1 Å². The van der Waals surface area contributed by atoms with Gasteiger partial charge in [-0.2, -0.15) is 0 Å². The van der Waals surface area contributed by atoms with Crippen molar-refractivity contribution in [2.45, 2.75) is 24.3 Å². The van der Waals surface area contributed by atoms with Crippen LogP contribution in [-0.2, 0) is 26.0 Å². The maximum absolute atomic E-state index is 11.8. The van der Waals surface area contributed by atoms with Crippen LogP contribution in [0.15, 0.2) is 29.2 Å². The van der Waals surface area contributed by atoms with Crippen molar-refractivity contribution >= 4 is 21.7 Å². The number of nitrogens with one attached hydrogen (secondary N) is 1. The second-order valence-electron chi connectivity index (χ2n) is 4.99. The summed E-state index contributed by atoms with van der Waals surface area (Å²) in [4.78, 5) is 22.9. The quantitative estimate of drug-likeness (QED) is 0.774. The Morgan fingerprint density at radius 1 is 1.25 bits per heavy atom. The van der Waals surface area contributed by atoms with Crippen LogP contribution < -0.4 is 5.32 Å². The lowest BCUT2D eigenvalue weighted by molar-refractivity contribution is -0.149. The summed E-state index contributed by atoms with van der Waals surface area (Å²) in [6.45, 7) is 0.178. The SMILES string of the molecule is CS(=O)(=O)c1ccc(CNC(=O)C2(C(=O)O)CC2)cc1. The number of carbonyl (C=O) groups excluding carboxylic acids is 1. The van der Waals surface area contributed by atoms with Crippen LogP contribution in [0.4, 0.5) is 0 Å². The molecule has 1 saturated carbocycles. The third-order valence-electron chi connectivity index (χ3n) is 3.40. The molecule has 1 amide bonds. The zero-order valence-electron chi connectivity index (χ0n) is 10.9. The van der Waals surface area contributed by atoms with Gasteiger partial charge in [0.25, 0.3) is 0 Å². The monoisotopic (exact) mass is 297 g/mol. The number of rotatable bonds is 5.